The van der Waals surface area contributed by atoms with Crippen molar-refractivity contribution in [2.24, 2.45) is 0 Å². The maximum atomic E-state index is 4.48. The number of rotatable bonds is 5. The quantitative estimate of drug-likeness (QED) is 0.777. The molecule has 3 rings (SSSR count). The fourth-order valence-corrected chi connectivity index (χ4v) is 3.26. The summed E-state index contributed by atoms with van der Waals surface area (Å²) < 4.78 is 0.376. The molecule has 0 spiro atoms. The van der Waals surface area contributed by atoms with E-state index in [2.05, 4.69) is 37.1 Å². The molecule has 0 unspecified atom stereocenters. The lowest BCUT2D eigenvalue weighted by Crippen LogP contribution is -2.40. The molecule has 6 nitrogen and oxygen atoms in total. The lowest BCUT2D eigenvalue weighted by atomic mass is 9.84. The van der Waals surface area contributed by atoms with E-state index in [1.165, 1.54) is 19.3 Å². The van der Waals surface area contributed by atoms with Crippen LogP contribution in [0.1, 0.15) is 19.3 Å². The number of fused-ring (bicyclic) bond motifs is 1. The molecule has 3 N–H and O–H groups in total. The van der Waals surface area contributed by atoms with Crippen molar-refractivity contribution in [2.45, 2.75) is 24.0 Å². The zero-order chi connectivity index (χ0) is 13.3. The molecule has 2 heterocycles. The first-order valence-electron chi connectivity index (χ1n) is 6.44. The molecule has 7 heteroatoms. The van der Waals surface area contributed by atoms with Crippen LogP contribution in [0.5, 0.6) is 0 Å². The summed E-state index contributed by atoms with van der Waals surface area (Å²) in [6, 6.07) is 0. The van der Waals surface area contributed by atoms with Gasteiger partial charge in [-0.2, -0.15) is 26.8 Å². The molecule has 0 aromatic carbocycles. The second-order valence-corrected chi connectivity index (χ2v) is 6.15. The Kier molecular flexibility index (Phi) is 3.22. The Bertz CT molecular complexity index is 571. The van der Waals surface area contributed by atoms with E-state index >= 15 is 0 Å². The maximum absolute atomic E-state index is 4.48. The highest BCUT2D eigenvalue weighted by atomic mass is 32.2. The van der Waals surface area contributed by atoms with Crippen LogP contribution in [0.2, 0.25) is 0 Å². The van der Waals surface area contributed by atoms with Gasteiger partial charge in [0.2, 0.25) is 5.95 Å². The molecule has 1 aliphatic carbocycles. The number of aromatic nitrogens is 4. The Morgan fingerprint density at radius 3 is 2.89 bits per heavy atom. The van der Waals surface area contributed by atoms with Crippen molar-refractivity contribution in [1.82, 2.24) is 20.2 Å². The highest BCUT2D eigenvalue weighted by molar-refractivity contribution is 8.00. The Balaban J connectivity index is 1.85. The first kappa shape index (κ1) is 12.5. The Morgan fingerprint density at radius 2 is 2.26 bits per heavy atom. The summed E-state index contributed by atoms with van der Waals surface area (Å²) in [7, 11) is 1.82. The molecule has 1 aliphatic rings. The third-order valence-corrected chi connectivity index (χ3v) is 5.23. The highest BCUT2D eigenvalue weighted by Crippen LogP contribution is 2.42. The fourth-order valence-electron chi connectivity index (χ4n) is 2.35. The summed E-state index contributed by atoms with van der Waals surface area (Å²) in [5.41, 5.74) is 0.758. The first-order valence-corrected chi connectivity index (χ1v) is 7.67. The van der Waals surface area contributed by atoms with Gasteiger partial charge in [-0.25, -0.2) is 0 Å². The second kappa shape index (κ2) is 4.88. The van der Waals surface area contributed by atoms with Gasteiger partial charge in [0.15, 0.2) is 5.65 Å². The number of nitrogens with zero attached hydrogens (tertiary/aromatic N) is 3. The fraction of sp³-hybridized carbons (Fsp3) is 0.583. The van der Waals surface area contributed by atoms with Gasteiger partial charge >= 0.3 is 0 Å². The van der Waals surface area contributed by atoms with Gasteiger partial charge in [-0.15, -0.1) is 0 Å². The summed E-state index contributed by atoms with van der Waals surface area (Å²) >= 11 is 1.95. The van der Waals surface area contributed by atoms with Gasteiger partial charge in [0, 0.05) is 18.3 Å². The standard InChI is InChI=1S/C12H18N6S/c1-13-11-16-9(8-6-15-18-10(8)17-11)14-7-12(19-2)4-3-5-12/h6H,3-5,7H2,1-2H3,(H3,13,14,15,16,17,18). The van der Waals surface area contributed by atoms with E-state index in [0.717, 1.165) is 23.4 Å². The van der Waals surface area contributed by atoms with E-state index in [-0.39, 0.29) is 0 Å². The molecular formula is C12H18N6S. The van der Waals surface area contributed by atoms with E-state index in [4.69, 9.17) is 0 Å². The van der Waals surface area contributed by atoms with Gasteiger partial charge in [0.25, 0.3) is 0 Å². The van der Waals surface area contributed by atoms with Crippen LogP contribution in [0.4, 0.5) is 11.8 Å². The van der Waals surface area contributed by atoms with E-state index < -0.39 is 0 Å². The van der Waals surface area contributed by atoms with Crippen LogP contribution < -0.4 is 10.6 Å². The molecule has 0 saturated heterocycles. The summed E-state index contributed by atoms with van der Waals surface area (Å²) in [5.74, 6) is 1.45. The monoisotopic (exact) mass is 278 g/mol. The average Bonchev–Trinajstić information content (AvgIpc) is 2.85. The average molecular weight is 278 g/mol. The van der Waals surface area contributed by atoms with Crippen LogP contribution in [0.3, 0.4) is 0 Å². The van der Waals surface area contributed by atoms with Gasteiger partial charge in [-0.1, -0.05) is 6.42 Å². The summed E-state index contributed by atoms with van der Waals surface area (Å²) in [6.45, 7) is 0.939. The normalized spacial score (nSPS) is 17.2. The second-order valence-electron chi connectivity index (χ2n) is 4.87. The minimum Gasteiger partial charge on any atom is -0.368 e. The zero-order valence-corrected chi connectivity index (χ0v) is 12.0. The molecular weight excluding hydrogens is 260 g/mol. The predicted molar refractivity (Wildman–Crippen MR) is 79.8 cm³/mol. The molecule has 0 radical (unpaired) electrons. The SMILES string of the molecule is CNc1nc(NCC2(SC)CCC2)c2cn[nH]c2n1. The van der Waals surface area contributed by atoms with Gasteiger partial charge in [-0.3, -0.25) is 5.10 Å². The van der Waals surface area contributed by atoms with Crippen molar-refractivity contribution < 1.29 is 0 Å². The van der Waals surface area contributed by atoms with Crippen molar-refractivity contribution in [3.8, 4) is 0 Å². The van der Waals surface area contributed by atoms with Crippen molar-refractivity contribution in [1.29, 1.82) is 0 Å². The van der Waals surface area contributed by atoms with Crippen LogP contribution in [0.25, 0.3) is 11.0 Å². The Hall–Kier alpha value is -1.50. The minimum atomic E-state index is 0.376. The van der Waals surface area contributed by atoms with Crippen LogP contribution in [-0.4, -0.2) is 44.8 Å². The molecule has 0 bridgehead atoms. The molecule has 1 saturated carbocycles. The lowest BCUT2D eigenvalue weighted by Gasteiger charge is -2.40. The van der Waals surface area contributed by atoms with Crippen LogP contribution in [0.15, 0.2) is 6.20 Å². The molecule has 0 atom stereocenters. The zero-order valence-electron chi connectivity index (χ0n) is 11.2. The van der Waals surface area contributed by atoms with E-state index in [9.17, 15) is 0 Å². The molecule has 102 valence electrons. The third kappa shape index (κ3) is 2.22. The topological polar surface area (TPSA) is 78.5 Å². The highest BCUT2D eigenvalue weighted by Gasteiger charge is 2.36. The summed E-state index contributed by atoms with van der Waals surface area (Å²) in [4.78, 5) is 8.81. The molecule has 1 fully saturated rings. The number of H-pyrrole nitrogens is 1. The van der Waals surface area contributed by atoms with Crippen molar-refractivity contribution in [3.63, 3.8) is 0 Å². The minimum absolute atomic E-state index is 0.376. The number of nitrogens with one attached hydrogen (secondary N) is 3. The van der Waals surface area contributed by atoms with E-state index in [0.29, 0.717) is 10.7 Å². The molecule has 2 aromatic heterocycles. The first-order chi connectivity index (χ1) is 9.26. The van der Waals surface area contributed by atoms with Crippen LogP contribution >= 0.6 is 11.8 Å². The number of anilines is 2. The predicted octanol–water partition coefficient (Wildman–Crippen LogP) is 2.09. The third-order valence-electron chi connectivity index (χ3n) is 3.81. The number of aromatic amines is 1. The number of thioether (sulfide) groups is 1. The van der Waals surface area contributed by atoms with Gasteiger partial charge in [0.05, 0.1) is 11.6 Å². The molecule has 0 amide bonds. The van der Waals surface area contributed by atoms with E-state index in [1.54, 1.807) is 6.20 Å². The van der Waals surface area contributed by atoms with Crippen LogP contribution in [-0.2, 0) is 0 Å². The van der Waals surface area contributed by atoms with Crippen molar-refractivity contribution in [2.75, 3.05) is 30.5 Å². The van der Waals surface area contributed by atoms with Crippen molar-refractivity contribution >= 4 is 34.6 Å². The summed E-state index contributed by atoms with van der Waals surface area (Å²) in [5, 5.41) is 14.3. The van der Waals surface area contributed by atoms with Crippen LogP contribution in [0, 0.1) is 0 Å². The van der Waals surface area contributed by atoms with Gasteiger partial charge in [-0.05, 0) is 19.1 Å². The molecule has 0 aliphatic heterocycles. The van der Waals surface area contributed by atoms with Crippen molar-refractivity contribution in [3.05, 3.63) is 6.20 Å². The van der Waals surface area contributed by atoms with E-state index in [1.807, 2.05) is 18.8 Å². The largest absolute Gasteiger partial charge is 0.368 e. The Labute approximate surface area is 116 Å². The van der Waals surface area contributed by atoms with Gasteiger partial charge in [0.1, 0.15) is 5.82 Å². The number of hydrogen-bond donors (Lipinski definition) is 3. The Morgan fingerprint density at radius 1 is 1.42 bits per heavy atom. The molecule has 2 aromatic rings. The van der Waals surface area contributed by atoms with Gasteiger partial charge < -0.3 is 10.6 Å². The lowest BCUT2D eigenvalue weighted by molar-refractivity contribution is 0.380. The molecule has 19 heavy (non-hydrogen) atoms. The maximum Gasteiger partial charge on any atom is 0.226 e. The smallest absolute Gasteiger partial charge is 0.226 e. The number of hydrogen-bond acceptors (Lipinski definition) is 6. The summed E-state index contributed by atoms with van der Waals surface area (Å²) in [6.07, 6.45) is 7.84.